The van der Waals surface area contributed by atoms with Crippen molar-refractivity contribution in [3.05, 3.63) is 135 Å². The number of fused-ring (bicyclic) bond motifs is 2. The van der Waals surface area contributed by atoms with Gasteiger partial charge in [-0.05, 0) is 66.4 Å². The lowest BCUT2D eigenvalue weighted by molar-refractivity contribution is 0.0951. The molecule has 4 aromatic carbocycles. The maximum atomic E-state index is 13.7. The second-order valence-electron chi connectivity index (χ2n) is 9.81. The van der Waals surface area contributed by atoms with Gasteiger partial charge in [-0.3, -0.25) is 13.9 Å². The molecule has 0 saturated carbocycles. The van der Waals surface area contributed by atoms with Crippen molar-refractivity contribution in [2.75, 3.05) is 10.8 Å². The maximum Gasteiger partial charge on any atom is 0.333 e. The van der Waals surface area contributed by atoms with E-state index in [1.165, 1.54) is 46.8 Å². The number of carbonyl (C=O) groups is 1. The molecule has 206 valence electrons. The summed E-state index contributed by atoms with van der Waals surface area (Å²) in [6, 6.07) is 27.1. The molecular weight excluding hydrogens is 540 g/mol. The number of carbonyl (C=O) groups excluding carboxylic acids is 1. The predicted octanol–water partition coefficient (Wildman–Crippen LogP) is 3.75. The van der Waals surface area contributed by atoms with E-state index in [4.69, 9.17) is 0 Å². The molecule has 0 radical (unpaired) electrons. The standard InChI is InChI=1S/C31H26N4O5S/c36-29(32-20-21-8-2-1-3-9-21)23-15-16-26-27(18-23)33-31(38)35(30(26)37)24-12-6-13-25(19-24)41(39,40)34-17-7-11-22-10-4-5-14-28(22)34/h1-6,8-10,12-16,18-19H,7,11,17,20H2,(H,32,36)(H,33,38). The van der Waals surface area contributed by atoms with Gasteiger partial charge in [0, 0.05) is 18.7 Å². The van der Waals surface area contributed by atoms with Crippen molar-refractivity contribution >= 4 is 32.5 Å². The van der Waals surface area contributed by atoms with Crippen molar-refractivity contribution < 1.29 is 13.2 Å². The fourth-order valence-electron chi connectivity index (χ4n) is 5.13. The van der Waals surface area contributed by atoms with Gasteiger partial charge in [0.25, 0.3) is 21.5 Å². The topological polar surface area (TPSA) is 121 Å². The van der Waals surface area contributed by atoms with Crippen LogP contribution in [-0.2, 0) is 23.0 Å². The molecule has 0 spiro atoms. The Morgan fingerprint density at radius 2 is 1.66 bits per heavy atom. The van der Waals surface area contributed by atoms with E-state index in [-0.39, 0.29) is 33.0 Å². The zero-order valence-electron chi connectivity index (χ0n) is 21.9. The third kappa shape index (κ3) is 4.93. The van der Waals surface area contributed by atoms with Gasteiger partial charge in [0.1, 0.15) is 0 Å². The van der Waals surface area contributed by atoms with E-state index in [1.54, 1.807) is 12.1 Å². The van der Waals surface area contributed by atoms with Gasteiger partial charge in [0.05, 0.1) is 27.2 Å². The number of sulfonamides is 1. The monoisotopic (exact) mass is 566 g/mol. The Morgan fingerprint density at radius 3 is 2.49 bits per heavy atom. The van der Waals surface area contributed by atoms with Gasteiger partial charge in [-0.2, -0.15) is 0 Å². The molecule has 0 fully saturated rings. The minimum Gasteiger partial charge on any atom is -0.348 e. The molecule has 5 aromatic rings. The Kier molecular flexibility index (Phi) is 6.76. The summed E-state index contributed by atoms with van der Waals surface area (Å²) in [5.74, 6) is -0.349. The molecule has 1 aliphatic rings. The number of anilines is 1. The first-order valence-electron chi connectivity index (χ1n) is 13.2. The van der Waals surface area contributed by atoms with Crippen molar-refractivity contribution in [3.63, 3.8) is 0 Å². The molecule has 1 amide bonds. The van der Waals surface area contributed by atoms with E-state index in [0.29, 0.717) is 25.2 Å². The first-order chi connectivity index (χ1) is 19.8. The molecule has 1 aromatic heterocycles. The molecule has 1 aliphatic heterocycles. The summed E-state index contributed by atoms with van der Waals surface area (Å²) in [6.07, 6.45) is 1.48. The van der Waals surface area contributed by atoms with Crippen LogP contribution in [0.15, 0.2) is 112 Å². The molecule has 41 heavy (non-hydrogen) atoms. The van der Waals surface area contributed by atoms with Crippen molar-refractivity contribution in [1.29, 1.82) is 0 Å². The van der Waals surface area contributed by atoms with Crippen LogP contribution < -0.4 is 20.9 Å². The average Bonchev–Trinajstić information content (AvgIpc) is 3.00. The highest BCUT2D eigenvalue weighted by Crippen LogP contribution is 2.32. The highest BCUT2D eigenvalue weighted by molar-refractivity contribution is 7.92. The third-order valence-electron chi connectivity index (χ3n) is 7.19. The molecule has 9 nitrogen and oxygen atoms in total. The first-order valence-corrected chi connectivity index (χ1v) is 14.6. The van der Waals surface area contributed by atoms with Gasteiger partial charge >= 0.3 is 5.69 Å². The summed E-state index contributed by atoms with van der Waals surface area (Å²) in [5, 5.41) is 3.01. The number of hydrogen-bond donors (Lipinski definition) is 2. The number of amides is 1. The van der Waals surface area contributed by atoms with E-state index in [9.17, 15) is 22.8 Å². The number of nitrogens with zero attached hydrogens (tertiary/aromatic N) is 2. The Balaban J connectivity index is 1.33. The smallest absolute Gasteiger partial charge is 0.333 e. The maximum absolute atomic E-state index is 13.7. The molecule has 0 atom stereocenters. The number of para-hydroxylation sites is 1. The first kappa shape index (κ1) is 26.3. The molecule has 6 rings (SSSR count). The summed E-state index contributed by atoms with van der Waals surface area (Å²) in [4.78, 5) is 41.9. The lowest BCUT2D eigenvalue weighted by Gasteiger charge is -2.30. The van der Waals surface area contributed by atoms with Crippen LogP contribution in [0.4, 0.5) is 5.69 Å². The van der Waals surface area contributed by atoms with Crippen LogP contribution in [-0.4, -0.2) is 30.4 Å². The minimum absolute atomic E-state index is 0.0245. The van der Waals surface area contributed by atoms with E-state index >= 15 is 0 Å². The largest absolute Gasteiger partial charge is 0.348 e. The highest BCUT2D eigenvalue weighted by Gasteiger charge is 2.29. The molecule has 2 heterocycles. The molecule has 10 heteroatoms. The van der Waals surface area contributed by atoms with Crippen LogP contribution in [0.25, 0.3) is 16.6 Å². The fourth-order valence-corrected chi connectivity index (χ4v) is 6.71. The minimum atomic E-state index is -3.95. The zero-order chi connectivity index (χ0) is 28.6. The molecule has 2 N–H and O–H groups in total. The van der Waals surface area contributed by atoms with E-state index in [0.717, 1.165) is 22.1 Å². The number of nitrogens with one attached hydrogen (secondary N) is 2. The quantitative estimate of drug-likeness (QED) is 0.324. The number of rotatable bonds is 6. The van der Waals surface area contributed by atoms with E-state index in [1.807, 2.05) is 42.5 Å². The van der Waals surface area contributed by atoms with Crippen molar-refractivity contribution in [2.45, 2.75) is 24.3 Å². The highest BCUT2D eigenvalue weighted by atomic mass is 32.2. The average molecular weight is 567 g/mol. The number of hydrogen-bond acceptors (Lipinski definition) is 5. The normalized spacial score (nSPS) is 13.1. The van der Waals surface area contributed by atoms with Gasteiger partial charge < -0.3 is 10.3 Å². The summed E-state index contributed by atoms with van der Waals surface area (Å²) < 4.78 is 29.6. The van der Waals surface area contributed by atoms with Gasteiger partial charge in [-0.1, -0.05) is 54.6 Å². The third-order valence-corrected chi connectivity index (χ3v) is 9.00. The Hall–Kier alpha value is -4.96. The number of aromatic amines is 1. The number of aromatic nitrogens is 2. The fraction of sp³-hybridized carbons (Fsp3) is 0.129. The van der Waals surface area contributed by atoms with Gasteiger partial charge in [0.2, 0.25) is 0 Å². The molecule has 0 bridgehead atoms. The lowest BCUT2D eigenvalue weighted by Crippen LogP contribution is -2.36. The van der Waals surface area contributed by atoms with E-state index < -0.39 is 21.3 Å². The molecular formula is C31H26N4O5S. The van der Waals surface area contributed by atoms with Crippen molar-refractivity contribution in [1.82, 2.24) is 14.9 Å². The summed E-state index contributed by atoms with van der Waals surface area (Å²) in [5.41, 5.74) is 1.76. The van der Waals surface area contributed by atoms with Crippen molar-refractivity contribution in [3.8, 4) is 5.69 Å². The second-order valence-corrected chi connectivity index (χ2v) is 11.7. The van der Waals surface area contributed by atoms with Crippen molar-refractivity contribution in [2.24, 2.45) is 0 Å². The molecule has 0 saturated heterocycles. The summed E-state index contributed by atoms with van der Waals surface area (Å²) in [7, 11) is -3.95. The number of H-pyrrole nitrogens is 1. The van der Waals surface area contributed by atoms with Crippen LogP contribution in [0.1, 0.15) is 27.9 Å². The molecule has 0 aliphatic carbocycles. The van der Waals surface area contributed by atoms with Gasteiger partial charge in [-0.15, -0.1) is 0 Å². The molecule has 0 unspecified atom stereocenters. The van der Waals surface area contributed by atoms with Crippen LogP contribution in [0.3, 0.4) is 0 Å². The Labute approximate surface area is 235 Å². The Bertz CT molecular complexity index is 2020. The van der Waals surface area contributed by atoms with Crippen LogP contribution in [0.2, 0.25) is 0 Å². The van der Waals surface area contributed by atoms with Gasteiger partial charge in [-0.25, -0.2) is 17.8 Å². The van der Waals surface area contributed by atoms with E-state index in [2.05, 4.69) is 10.3 Å². The Morgan fingerprint density at radius 1 is 0.878 bits per heavy atom. The van der Waals surface area contributed by atoms with Gasteiger partial charge in [0.15, 0.2) is 0 Å². The number of aryl methyl sites for hydroxylation is 1. The predicted molar refractivity (Wildman–Crippen MR) is 157 cm³/mol. The second kappa shape index (κ2) is 10.5. The summed E-state index contributed by atoms with van der Waals surface area (Å²) in [6.45, 7) is 0.666. The zero-order valence-corrected chi connectivity index (χ0v) is 22.7. The van der Waals surface area contributed by atoms with Crippen LogP contribution in [0, 0.1) is 0 Å². The van der Waals surface area contributed by atoms with Crippen LogP contribution in [0.5, 0.6) is 0 Å². The number of benzene rings is 4. The summed E-state index contributed by atoms with van der Waals surface area (Å²) >= 11 is 0. The van der Waals surface area contributed by atoms with Crippen LogP contribution >= 0.6 is 0 Å². The SMILES string of the molecule is O=C(NCc1ccccc1)c1ccc2c(=O)n(-c3cccc(S(=O)(=O)N4CCCc5ccccc54)c3)c(=O)[nH]c2c1. The lowest BCUT2D eigenvalue weighted by atomic mass is 10.0.